The zero-order valence-electron chi connectivity index (χ0n) is 25.3. The number of likely N-dealkylation sites (N-methyl/N-ethyl adjacent to an activating group) is 1. The topological polar surface area (TPSA) is 82.4 Å². The van der Waals surface area contributed by atoms with E-state index in [0.717, 1.165) is 11.1 Å². The summed E-state index contributed by atoms with van der Waals surface area (Å²) in [5.74, 6) is 1.64. The molecule has 5 rings (SSSR count). The summed E-state index contributed by atoms with van der Waals surface area (Å²) in [4.78, 5) is 35.0. The van der Waals surface area contributed by atoms with E-state index in [9.17, 15) is 9.59 Å². The molecule has 1 amide bonds. The second kappa shape index (κ2) is 13.5. The molecule has 0 aliphatic carbocycles. The highest BCUT2D eigenvalue weighted by Crippen LogP contribution is 2.38. The predicted molar refractivity (Wildman–Crippen MR) is 173 cm³/mol. The van der Waals surface area contributed by atoms with Crippen LogP contribution in [0.15, 0.2) is 87.8 Å². The number of ether oxygens (including phenoxy) is 3. The fraction of sp³-hybridized carbons (Fsp3) is 0.265. The maximum absolute atomic E-state index is 14.1. The Morgan fingerprint density at radius 2 is 1.73 bits per heavy atom. The molecule has 0 saturated carbocycles. The summed E-state index contributed by atoms with van der Waals surface area (Å²) >= 11 is 7.53. The van der Waals surface area contributed by atoms with Gasteiger partial charge in [0.2, 0.25) is 0 Å². The zero-order chi connectivity index (χ0) is 31.4. The van der Waals surface area contributed by atoms with E-state index in [1.165, 1.54) is 11.3 Å². The van der Waals surface area contributed by atoms with Crippen molar-refractivity contribution >= 4 is 34.9 Å². The first-order valence-electron chi connectivity index (χ1n) is 14.3. The Kier molecular flexibility index (Phi) is 9.56. The molecular weight excluding hydrogens is 598 g/mol. The van der Waals surface area contributed by atoms with Gasteiger partial charge in [0.25, 0.3) is 11.5 Å². The van der Waals surface area contributed by atoms with Crippen molar-refractivity contribution in [2.24, 2.45) is 4.99 Å². The molecule has 0 saturated heterocycles. The minimum atomic E-state index is -0.757. The number of halogens is 1. The van der Waals surface area contributed by atoms with Crippen molar-refractivity contribution in [1.29, 1.82) is 0 Å². The third-order valence-electron chi connectivity index (χ3n) is 7.56. The van der Waals surface area contributed by atoms with Crippen molar-refractivity contribution in [2.45, 2.75) is 33.4 Å². The van der Waals surface area contributed by atoms with E-state index in [1.807, 2.05) is 81.4 Å². The first-order chi connectivity index (χ1) is 21.3. The first-order valence-corrected chi connectivity index (χ1v) is 15.5. The Hall–Kier alpha value is -4.34. The van der Waals surface area contributed by atoms with Gasteiger partial charge in [-0.15, -0.1) is 0 Å². The number of benzene rings is 3. The van der Waals surface area contributed by atoms with E-state index in [1.54, 1.807) is 35.8 Å². The number of nitrogens with zero attached hydrogens (tertiary/aromatic N) is 3. The van der Waals surface area contributed by atoms with Crippen molar-refractivity contribution < 1.29 is 19.0 Å². The lowest BCUT2D eigenvalue weighted by Gasteiger charge is -2.30. The van der Waals surface area contributed by atoms with Gasteiger partial charge in [-0.2, -0.15) is 0 Å². The van der Waals surface area contributed by atoms with Crippen molar-refractivity contribution in [2.75, 3.05) is 27.3 Å². The number of carbonyl (C=O) groups is 1. The van der Waals surface area contributed by atoms with Gasteiger partial charge in [-0.05, 0) is 68.8 Å². The number of amides is 1. The number of hydrogen-bond donors (Lipinski definition) is 0. The molecule has 0 N–H and O–H groups in total. The van der Waals surface area contributed by atoms with Gasteiger partial charge in [-0.1, -0.05) is 53.3 Å². The van der Waals surface area contributed by atoms with Gasteiger partial charge in [-0.3, -0.25) is 14.2 Å². The number of hydrogen-bond acceptors (Lipinski definition) is 7. The molecule has 228 valence electrons. The minimum Gasteiger partial charge on any atom is -0.497 e. The van der Waals surface area contributed by atoms with Crippen LogP contribution in [0.2, 0.25) is 5.02 Å². The molecule has 3 aromatic carbocycles. The second-order valence-electron chi connectivity index (χ2n) is 10.1. The van der Waals surface area contributed by atoms with Gasteiger partial charge in [-0.25, -0.2) is 4.99 Å². The molecule has 1 aliphatic rings. The molecule has 1 aliphatic heterocycles. The lowest BCUT2D eigenvalue weighted by atomic mass is 9.93. The van der Waals surface area contributed by atoms with E-state index in [-0.39, 0.29) is 11.5 Å². The van der Waals surface area contributed by atoms with Crippen molar-refractivity contribution in [1.82, 2.24) is 9.47 Å². The minimum absolute atomic E-state index is 0.173. The molecule has 0 spiro atoms. The molecule has 0 unspecified atom stereocenters. The van der Waals surface area contributed by atoms with Crippen LogP contribution < -0.4 is 29.1 Å². The van der Waals surface area contributed by atoms with Gasteiger partial charge in [0.15, 0.2) is 4.80 Å². The number of methoxy groups -OCH3 is 2. The largest absolute Gasteiger partial charge is 0.497 e. The van der Waals surface area contributed by atoms with Crippen LogP contribution in [0.4, 0.5) is 0 Å². The Labute approximate surface area is 265 Å². The van der Waals surface area contributed by atoms with Crippen molar-refractivity contribution in [3.63, 3.8) is 0 Å². The Bertz CT molecular complexity index is 1890. The monoisotopic (exact) mass is 631 g/mol. The Morgan fingerprint density at radius 1 is 1.02 bits per heavy atom. The van der Waals surface area contributed by atoms with Crippen LogP contribution in [-0.2, 0) is 11.4 Å². The third-order valence-corrected chi connectivity index (χ3v) is 8.92. The molecule has 44 heavy (non-hydrogen) atoms. The van der Waals surface area contributed by atoms with E-state index in [4.69, 9.17) is 30.8 Å². The lowest BCUT2D eigenvalue weighted by molar-refractivity contribution is -0.127. The molecule has 1 atom stereocenters. The van der Waals surface area contributed by atoms with Gasteiger partial charge in [0, 0.05) is 29.2 Å². The van der Waals surface area contributed by atoms with E-state index < -0.39 is 6.04 Å². The fourth-order valence-electron chi connectivity index (χ4n) is 5.21. The highest BCUT2D eigenvalue weighted by atomic mass is 35.5. The van der Waals surface area contributed by atoms with E-state index in [0.29, 0.717) is 68.1 Å². The quantitative estimate of drug-likeness (QED) is 0.236. The third kappa shape index (κ3) is 6.16. The number of carbonyl (C=O) groups excluding carboxylic acids is 1. The zero-order valence-corrected chi connectivity index (χ0v) is 26.9. The standard InChI is InChI=1S/C34H34ClN3O5S/c1-6-37(7-2)33(40)30-21(3)36-34-38(31(30)26-19-25(41-4)16-17-28(26)42-5)32(39)29(44-34)18-22-12-14-24(15-13-22)43-20-23-10-8-9-11-27(23)35/h8-19,31H,6-7,20H2,1-5H3/b29-18+/t31-/m0/s1. The van der Waals surface area contributed by atoms with Crippen molar-refractivity contribution in [3.05, 3.63) is 119 Å². The molecular formula is C34H34ClN3O5S. The van der Waals surface area contributed by atoms with Gasteiger partial charge < -0.3 is 19.1 Å². The highest BCUT2D eigenvalue weighted by Gasteiger charge is 2.36. The first kappa shape index (κ1) is 31.1. The summed E-state index contributed by atoms with van der Waals surface area (Å²) in [7, 11) is 3.15. The molecule has 0 bridgehead atoms. The highest BCUT2D eigenvalue weighted by molar-refractivity contribution is 7.07. The smallest absolute Gasteiger partial charge is 0.271 e. The van der Waals surface area contributed by atoms with Crippen LogP contribution in [0.5, 0.6) is 17.2 Å². The van der Waals surface area contributed by atoms with Crippen LogP contribution in [0.25, 0.3) is 6.08 Å². The number of allylic oxidation sites excluding steroid dienone is 1. The maximum Gasteiger partial charge on any atom is 0.271 e. The number of thiazole rings is 1. The molecule has 1 aromatic heterocycles. The van der Waals surface area contributed by atoms with Gasteiger partial charge in [0.05, 0.1) is 30.0 Å². The van der Waals surface area contributed by atoms with Crippen LogP contribution in [0.3, 0.4) is 0 Å². The maximum atomic E-state index is 14.1. The average molecular weight is 632 g/mol. The van der Waals surface area contributed by atoms with Crippen LogP contribution in [-0.4, -0.2) is 42.7 Å². The number of rotatable bonds is 10. The summed E-state index contributed by atoms with van der Waals surface area (Å²) < 4.78 is 19.2. The van der Waals surface area contributed by atoms with Crippen molar-refractivity contribution in [3.8, 4) is 17.2 Å². The molecule has 10 heteroatoms. The average Bonchev–Trinajstić information content (AvgIpc) is 3.34. The van der Waals surface area contributed by atoms with E-state index in [2.05, 4.69) is 0 Å². The summed E-state index contributed by atoms with van der Waals surface area (Å²) in [6, 6.07) is 19.7. The molecule has 0 fully saturated rings. The molecule has 2 heterocycles. The van der Waals surface area contributed by atoms with Gasteiger partial charge >= 0.3 is 0 Å². The Balaban J connectivity index is 1.57. The van der Waals surface area contributed by atoms with Crippen LogP contribution in [0, 0.1) is 0 Å². The molecule has 8 nitrogen and oxygen atoms in total. The summed E-state index contributed by atoms with van der Waals surface area (Å²) in [5, 5.41) is 0.654. The van der Waals surface area contributed by atoms with Crippen LogP contribution >= 0.6 is 22.9 Å². The summed E-state index contributed by atoms with van der Waals surface area (Å²) in [6.45, 7) is 7.07. The Morgan fingerprint density at radius 3 is 2.39 bits per heavy atom. The number of aromatic nitrogens is 1. The second-order valence-corrected chi connectivity index (χ2v) is 11.5. The van der Waals surface area contributed by atoms with Gasteiger partial charge in [0.1, 0.15) is 29.9 Å². The van der Waals surface area contributed by atoms with E-state index >= 15 is 0 Å². The predicted octanol–water partition coefficient (Wildman–Crippen LogP) is 5.35. The number of fused-ring (bicyclic) bond motifs is 1. The molecule has 4 aromatic rings. The summed E-state index contributed by atoms with van der Waals surface area (Å²) in [6.07, 6.45) is 1.83. The summed E-state index contributed by atoms with van der Waals surface area (Å²) in [5.41, 5.74) is 3.11. The molecule has 0 radical (unpaired) electrons. The normalized spacial score (nSPS) is 14.6. The van der Waals surface area contributed by atoms with Crippen LogP contribution in [0.1, 0.15) is 43.5 Å². The fourth-order valence-corrected chi connectivity index (χ4v) is 6.45. The lowest BCUT2D eigenvalue weighted by Crippen LogP contribution is -2.43. The SMILES string of the molecule is CCN(CC)C(=O)C1=C(C)N=c2s/c(=C/c3ccc(OCc4ccccc4Cl)cc3)c(=O)n2[C@H]1c1cc(OC)ccc1OC.